The number of ether oxygens (including phenoxy) is 1. The van der Waals surface area contributed by atoms with Gasteiger partial charge in [-0.2, -0.15) is 0 Å². The number of hydrogen-bond donors (Lipinski definition) is 1. The van der Waals surface area contributed by atoms with Gasteiger partial charge in [0.05, 0.1) is 12.6 Å². The Labute approximate surface area is 136 Å². The van der Waals surface area contributed by atoms with Crippen molar-refractivity contribution < 1.29 is 4.74 Å². The molecule has 0 saturated heterocycles. The molecule has 0 fully saturated rings. The Morgan fingerprint density at radius 1 is 1.14 bits per heavy atom. The van der Waals surface area contributed by atoms with Crippen molar-refractivity contribution in [1.29, 1.82) is 0 Å². The minimum atomic E-state index is 0.132. The van der Waals surface area contributed by atoms with Gasteiger partial charge in [0.25, 0.3) is 0 Å². The van der Waals surface area contributed by atoms with Gasteiger partial charge < -0.3 is 10.1 Å². The molecule has 1 N–H and O–H groups in total. The number of para-hydroxylation sites is 1. The lowest BCUT2D eigenvalue weighted by Gasteiger charge is -2.22. The average molecular weight is 324 g/mol. The molecule has 1 unspecified atom stereocenters. The molecule has 0 amide bonds. The van der Waals surface area contributed by atoms with Crippen molar-refractivity contribution in [2.75, 3.05) is 12.4 Å². The summed E-state index contributed by atoms with van der Waals surface area (Å²) in [5, 5.41) is 4.89. The lowest BCUT2D eigenvalue weighted by atomic mass is 10.0. The lowest BCUT2D eigenvalue weighted by molar-refractivity contribution is 0.185. The second-order valence-electron chi connectivity index (χ2n) is 4.86. The molecule has 21 heavy (non-hydrogen) atoms. The number of halogens is 2. The van der Waals surface area contributed by atoms with E-state index in [0.717, 1.165) is 23.2 Å². The Morgan fingerprint density at radius 3 is 2.57 bits per heavy atom. The Balaban J connectivity index is 2.27. The normalized spacial score (nSPS) is 12.2. The van der Waals surface area contributed by atoms with E-state index in [1.807, 2.05) is 24.3 Å². The van der Waals surface area contributed by atoms with Crippen LogP contribution in [0.1, 0.15) is 30.5 Å². The van der Waals surface area contributed by atoms with Crippen LogP contribution in [0, 0.1) is 0 Å². The van der Waals surface area contributed by atoms with Gasteiger partial charge >= 0.3 is 0 Å². The lowest BCUT2D eigenvalue weighted by Crippen LogP contribution is -2.12. The molecular formula is C17H19Cl2NO. The maximum atomic E-state index is 6.32. The molecule has 0 bridgehead atoms. The molecule has 1 atom stereocenters. The van der Waals surface area contributed by atoms with Gasteiger partial charge in [0, 0.05) is 28.4 Å². The minimum Gasteiger partial charge on any atom is -0.380 e. The fourth-order valence-electron chi connectivity index (χ4n) is 2.31. The Kier molecular flexibility index (Phi) is 5.92. The molecule has 0 radical (unpaired) electrons. The molecule has 0 aromatic heterocycles. The summed E-state index contributed by atoms with van der Waals surface area (Å²) in [4.78, 5) is 0. The molecule has 0 spiro atoms. The van der Waals surface area contributed by atoms with E-state index in [1.54, 1.807) is 13.2 Å². The van der Waals surface area contributed by atoms with Crippen molar-refractivity contribution >= 4 is 28.9 Å². The van der Waals surface area contributed by atoms with Gasteiger partial charge in [-0.25, -0.2) is 0 Å². The van der Waals surface area contributed by atoms with Crippen LogP contribution in [-0.2, 0) is 11.3 Å². The predicted octanol–water partition coefficient (Wildman–Crippen LogP) is 5.70. The van der Waals surface area contributed by atoms with Gasteiger partial charge in [0.1, 0.15) is 0 Å². The molecular weight excluding hydrogens is 305 g/mol. The third kappa shape index (κ3) is 4.13. The summed E-state index contributed by atoms with van der Waals surface area (Å²) in [6, 6.07) is 13.9. The Bertz CT molecular complexity index is 601. The summed E-state index contributed by atoms with van der Waals surface area (Å²) in [5.74, 6) is 0. The zero-order valence-electron chi connectivity index (χ0n) is 12.2. The number of rotatable bonds is 6. The smallest absolute Gasteiger partial charge is 0.0733 e. The van der Waals surface area contributed by atoms with Crippen molar-refractivity contribution in [1.82, 2.24) is 0 Å². The van der Waals surface area contributed by atoms with E-state index in [-0.39, 0.29) is 6.04 Å². The summed E-state index contributed by atoms with van der Waals surface area (Å²) in [6.07, 6.45) is 0.919. The first-order chi connectivity index (χ1) is 10.2. The van der Waals surface area contributed by atoms with E-state index >= 15 is 0 Å². The maximum Gasteiger partial charge on any atom is 0.0733 e. The van der Waals surface area contributed by atoms with E-state index in [4.69, 9.17) is 27.9 Å². The summed E-state index contributed by atoms with van der Waals surface area (Å²) in [7, 11) is 1.70. The van der Waals surface area contributed by atoms with E-state index < -0.39 is 0 Å². The zero-order chi connectivity index (χ0) is 15.2. The molecule has 0 heterocycles. The van der Waals surface area contributed by atoms with Crippen LogP contribution in [-0.4, -0.2) is 7.11 Å². The fourth-order valence-corrected chi connectivity index (χ4v) is 2.85. The first-order valence-electron chi connectivity index (χ1n) is 6.94. The van der Waals surface area contributed by atoms with Crippen molar-refractivity contribution in [3.63, 3.8) is 0 Å². The Morgan fingerprint density at radius 2 is 1.90 bits per heavy atom. The van der Waals surface area contributed by atoms with Crippen molar-refractivity contribution in [2.45, 2.75) is 26.0 Å². The SMILES string of the molecule is CCC(Nc1ccccc1COC)c1ccc(Cl)cc1Cl. The molecule has 2 nitrogen and oxygen atoms in total. The second kappa shape index (κ2) is 7.69. The first-order valence-corrected chi connectivity index (χ1v) is 7.69. The van der Waals surface area contributed by atoms with Crippen LogP contribution in [0.25, 0.3) is 0 Å². The fraction of sp³-hybridized carbons (Fsp3) is 0.294. The van der Waals surface area contributed by atoms with Crippen LogP contribution in [0.5, 0.6) is 0 Å². The van der Waals surface area contributed by atoms with Crippen LogP contribution in [0.4, 0.5) is 5.69 Å². The van der Waals surface area contributed by atoms with Gasteiger partial charge in [-0.15, -0.1) is 0 Å². The quantitative estimate of drug-likeness (QED) is 0.735. The van der Waals surface area contributed by atoms with Crippen LogP contribution in [0.15, 0.2) is 42.5 Å². The topological polar surface area (TPSA) is 21.3 Å². The summed E-state index contributed by atoms with van der Waals surface area (Å²) in [6.45, 7) is 2.70. The van der Waals surface area contributed by atoms with Crippen molar-refractivity contribution in [2.24, 2.45) is 0 Å². The number of nitrogens with one attached hydrogen (secondary N) is 1. The van der Waals surface area contributed by atoms with Crippen LogP contribution in [0.3, 0.4) is 0 Å². The molecule has 2 rings (SSSR count). The number of anilines is 1. The molecule has 2 aromatic carbocycles. The summed E-state index contributed by atoms with van der Waals surface area (Å²) < 4.78 is 5.25. The summed E-state index contributed by atoms with van der Waals surface area (Å²) >= 11 is 12.3. The second-order valence-corrected chi connectivity index (χ2v) is 5.70. The largest absolute Gasteiger partial charge is 0.380 e. The molecule has 0 aliphatic rings. The van der Waals surface area contributed by atoms with Crippen LogP contribution >= 0.6 is 23.2 Å². The minimum absolute atomic E-state index is 0.132. The third-order valence-electron chi connectivity index (χ3n) is 3.39. The van der Waals surface area contributed by atoms with Gasteiger partial charge in [0.2, 0.25) is 0 Å². The standard InChI is InChI=1S/C17H19Cl2NO/c1-3-16(14-9-8-13(18)10-15(14)19)20-17-7-5-4-6-12(17)11-21-2/h4-10,16,20H,3,11H2,1-2H3. The van der Waals surface area contributed by atoms with E-state index in [9.17, 15) is 0 Å². The van der Waals surface area contributed by atoms with Gasteiger partial charge in [-0.05, 0) is 30.2 Å². The molecule has 2 aromatic rings. The van der Waals surface area contributed by atoms with E-state index in [2.05, 4.69) is 24.4 Å². The highest BCUT2D eigenvalue weighted by atomic mass is 35.5. The van der Waals surface area contributed by atoms with Crippen molar-refractivity contribution in [3.8, 4) is 0 Å². The molecule has 4 heteroatoms. The number of benzene rings is 2. The van der Waals surface area contributed by atoms with Crippen LogP contribution in [0.2, 0.25) is 10.0 Å². The average Bonchev–Trinajstić information content (AvgIpc) is 2.47. The highest BCUT2D eigenvalue weighted by molar-refractivity contribution is 6.35. The van der Waals surface area contributed by atoms with Crippen LogP contribution < -0.4 is 5.32 Å². The van der Waals surface area contributed by atoms with E-state index in [1.165, 1.54) is 0 Å². The highest BCUT2D eigenvalue weighted by Gasteiger charge is 2.14. The highest BCUT2D eigenvalue weighted by Crippen LogP contribution is 2.31. The summed E-state index contributed by atoms with van der Waals surface area (Å²) in [5.41, 5.74) is 3.25. The first kappa shape index (κ1) is 16.2. The molecule has 0 aliphatic heterocycles. The molecule has 0 aliphatic carbocycles. The van der Waals surface area contributed by atoms with Gasteiger partial charge in [0.15, 0.2) is 0 Å². The van der Waals surface area contributed by atoms with Gasteiger partial charge in [-0.3, -0.25) is 0 Å². The van der Waals surface area contributed by atoms with E-state index in [0.29, 0.717) is 16.7 Å². The Hall–Kier alpha value is -1.22. The predicted molar refractivity (Wildman–Crippen MR) is 90.3 cm³/mol. The van der Waals surface area contributed by atoms with Gasteiger partial charge in [-0.1, -0.05) is 54.4 Å². The van der Waals surface area contributed by atoms with Crippen molar-refractivity contribution in [3.05, 3.63) is 63.6 Å². The monoisotopic (exact) mass is 323 g/mol. The zero-order valence-corrected chi connectivity index (χ0v) is 13.7. The third-order valence-corrected chi connectivity index (χ3v) is 3.96. The molecule has 0 saturated carbocycles. The number of methoxy groups -OCH3 is 1. The maximum absolute atomic E-state index is 6.32. The molecule has 112 valence electrons. The number of hydrogen-bond acceptors (Lipinski definition) is 2.